The Kier molecular flexibility index (Phi) is 3.24. The molecule has 1 aromatic heterocycles. The minimum atomic E-state index is -0.336. The number of rotatable bonds is 3. The summed E-state index contributed by atoms with van der Waals surface area (Å²) in [6, 6.07) is 0. The Morgan fingerprint density at radius 3 is 2.60 bits per heavy atom. The minimum absolute atomic E-state index is 0.0976. The Hall–Kier alpha value is -1.65. The molecular weight excluding hydrogens is 194 g/mol. The molecule has 0 fully saturated rings. The highest BCUT2D eigenvalue weighted by atomic mass is 16.6. The van der Waals surface area contributed by atoms with Crippen LogP contribution in [0.5, 0.6) is 0 Å². The van der Waals surface area contributed by atoms with Gasteiger partial charge in [-0.05, 0) is 6.92 Å². The average Bonchev–Trinajstić information content (AvgIpc) is 2.39. The molecule has 0 N–H and O–H groups in total. The highest BCUT2D eigenvalue weighted by molar-refractivity contribution is 5.52. The number of nitrogens with zero attached hydrogens (tertiary/aromatic N) is 3. The first kappa shape index (κ1) is 11.4. The van der Waals surface area contributed by atoms with Crippen molar-refractivity contribution in [2.75, 3.05) is 0 Å². The summed E-state index contributed by atoms with van der Waals surface area (Å²) >= 11 is 0. The van der Waals surface area contributed by atoms with Gasteiger partial charge in [-0.3, -0.25) is 14.8 Å². The molecule has 0 bridgehead atoms. The summed E-state index contributed by atoms with van der Waals surface area (Å²) < 4.78 is 1.65. The van der Waals surface area contributed by atoms with E-state index in [0.717, 1.165) is 11.3 Å². The molecule has 0 unspecified atom stereocenters. The van der Waals surface area contributed by atoms with Crippen LogP contribution in [-0.4, -0.2) is 14.7 Å². The predicted molar refractivity (Wildman–Crippen MR) is 57.8 cm³/mol. The summed E-state index contributed by atoms with van der Waals surface area (Å²) in [6.07, 6.45) is 3.37. The van der Waals surface area contributed by atoms with Gasteiger partial charge in [0.25, 0.3) is 0 Å². The fraction of sp³-hybridized carbons (Fsp3) is 0.500. The van der Waals surface area contributed by atoms with Gasteiger partial charge in [0.2, 0.25) is 5.70 Å². The van der Waals surface area contributed by atoms with Crippen molar-refractivity contribution in [1.82, 2.24) is 9.78 Å². The van der Waals surface area contributed by atoms with Crippen LogP contribution >= 0.6 is 0 Å². The zero-order chi connectivity index (χ0) is 11.6. The van der Waals surface area contributed by atoms with Crippen molar-refractivity contribution in [3.05, 3.63) is 33.3 Å². The van der Waals surface area contributed by atoms with Gasteiger partial charge in [-0.1, -0.05) is 13.8 Å². The number of aromatic nitrogens is 2. The molecule has 5 heteroatoms. The lowest BCUT2D eigenvalue weighted by molar-refractivity contribution is -0.431. The quantitative estimate of drug-likeness (QED) is 0.565. The van der Waals surface area contributed by atoms with Crippen LogP contribution in [0.3, 0.4) is 0 Å². The molecule has 0 aliphatic heterocycles. The molecule has 15 heavy (non-hydrogen) atoms. The van der Waals surface area contributed by atoms with Crippen LogP contribution in [-0.2, 0) is 7.05 Å². The molecular formula is C10H15N3O2. The average molecular weight is 209 g/mol. The van der Waals surface area contributed by atoms with Crippen LogP contribution in [0.2, 0.25) is 0 Å². The van der Waals surface area contributed by atoms with Crippen LogP contribution in [0, 0.1) is 23.0 Å². The second kappa shape index (κ2) is 4.25. The third kappa shape index (κ3) is 2.65. The zero-order valence-corrected chi connectivity index (χ0v) is 9.39. The van der Waals surface area contributed by atoms with Crippen molar-refractivity contribution < 1.29 is 4.92 Å². The standard InChI is InChI=1S/C10H15N3O2/c1-7(2)10(13(14)15)5-9-6-12(4)11-8(9)3/h5-7H,1-4H3/b10-5-. The van der Waals surface area contributed by atoms with Gasteiger partial charge >= 0.3 is 0 Å². The van der Waals surface area contributed by atoms with Crippen LogP contribution in [0.15, 0.2) is 11.9 Å². The van der Waals surface area contributed by atoms with E-state index in [1.165, 1.54) is 0 Å². The lowest BCUT2D eigenvalue weighted by Crippen LogP contribution is -2.05. The lowest BCUT2D eigenvalue weighted by Gasteiger charge is -2.00. The Labute approximate surface area is 88.6 Å². The minimum Gasteiger partial charge on any atom is -0.275 e. The van der Waals surface area contributed by atoms with Crippen LogP contribution in [0.1, 0.15) is 25.1 Å². The van der Waals surface area contributed by atoms with Gasteiger partial charge in [0.15, 0.2) is 0 Å². The van der Waals surface area contributed by atoms with Crippen molar-refractivity contribution in [3.8, 4) is 0 Å². The molecule has 0 aliphatic carbocycles. The molecule has 0 aliphatic rings. The molecule has 0 amide bonds. The molecule has 0 radical (unpaired) electrons. The monoisotopic (exact) mass is 209 g/mol. The van der Waals surface area contributed by atoms with Gasteiger partial charge in [-0.15, -0.1) is 0 Å². The summed E-state index contributed by atoms with van der Waals surface area (Å²) in [5.74, 6) is -0.0976. The molecule has 0 atom stereocenters. The molecule has 0 aromatic carbocycles. The second-order valence-corrected chi connectivity index (χ2v) is 3.82. The van der Waals surface area contributed by atoms with E-state index in [9.17, 15) is 10.1 Å². The van der Waals surface area contributed by atoms with Crippen LogP contribution in [0.4, 0.5) is 0 Å². The van der Waals surface area contributed by atoms with E-state index in [2.05, 4.69) is 5.10 Å². The fourth-order valence-corrected chi connectivity index (χ4v) is 1.35. The highest BCUT2D eigenvalue weighted by Crippen LogP contribution is 2.16. The summed E-state index contributed by atoms with van der Waals surface area (Å²) in [7, 11) is 1.80. The zero-order valence-electron chi connectivity index (χ0n) is 9.39. The molecule has 1 rings (SSSR count). The first-order valence-corrected chi connectivity index (χ1v) is 4.78. The number of hydrogen-bond acceptors (Lipinski definition) is 3. The first-order chi connectivity index (χ1) is 6.91. The molecule has 5 nitrogen and oxygen atoms in total. The van der Waals surface area contributed by atoms with Crippen molar-refractivity contribution in [2.45, 2.75) is 20.8 Å². The van der Waals surface area contributed by atoms with E-state index in [0.29, 0.717) is 0 Å². The summed E-state index contributed by atoms with van der Waals surface area (Å²) in [4.78, 5) is 10.4. The first-order valence-electron chi connectivity index (χ1n) is 4.78. The second-order valence-electron chi connectivity index (χ2n) is 3.82. The Bertz CT molecular complexity index is 405. The SMILES string of the molecule is Cc1nn(C)cc1/C=C(/C(C)C)[N+](=O)[O-]. The topological polar surface area (TPSA) is 61.0 Å². The number of aryl methyl sites for hydroxylation is 2. The van der Waals surface area contributed by atoms with E-state index < -0.39 is 0 Å². The molecule has 0 spiro atoms. The van der Waals surface area contributed by atoms with E-state index in [1.807, 2.05) is 6.92 Å². The summed E-state index contributed by atoms with van der Waals surface area (Å²) in [5, 5.41) is 14.9. The van der Waals surface area contributed by atoms with Crippen molar-refractivity contribution in [3.63, 3.8) is 0 Å². The smallest absolute Gasteiger partial charge is 0.249 e. The van der Waals surface area contributed by atoms with Gasteiger partial charge in [-0.2, -0.15) is 5.10 Å². The van der Waals surface area contributed by atoms with E-state index in [1.54, 1.807) is 37.8 Å². The predicted octanol–water partition coefficient (Wildman–Crippen LogP) is 2.00. The maximum Gasteiger partial charge on any atom is 0.249 e. The largest absolute Gasteiger partial charge is 0.275 e. The van der Waals surface area contributed by atoms with Crippen LogP contribution in [0.25, 0.3) is 6.08 Å². The van der Waals surface area contributed by atoms with E-state index >= 15 is 0 Å². The lowest BCUT2D eigenvalue weighted by atomic mass is 10.1. The van der Waals surface area contributed by atoms with Crippen molar-refractivity contribution in [1.29, 1.82) is 0 Å². The van der Waals surface area contributed by atoms with E-state index in [4.69, 9.17) is 0 Å². The van der Waals surface area contributed by atoms with Gasteiger partial charge < -0.3 is 0 Å². The van der Waals surface area contributed by atoms with Gasteiger partial charge in [0.05, 0.1) is 10.6 Å². The maximum absolute atomic E-state index is 10.8. The number of hydrogen-bond donors (Lipinski definition) is 0. The van der Waals surface area contributed by atoms with Crippen molar-refractivity contribution in [2.24, 2.45) is 13.0 Å². The number of nitro groups is 1. The molecule has 1 aromatic rings. The Morgan fingerprint density at radius 2 is 2.27 bits per heavy atom. The normalized spacial score (nSPS) is 12.2. The van der Waals surface area contributed by atoms with Gasteiger partial charge in [0.1, 0.15) is 0 Å². The maximum atomic E-state index is 10.8. The summed E-state index contributed by atoms with van der Waals surface area (Å²) in [6.45, 7) is 5.45. The fourth-order valence-electron chi connectivity index (χ4n) is 1.35. The third-order valence-corrected chi connectivity index (χ3v) is 2.16. The molecule has 1 heterocycles. The third-order valence-electron chi connectivity index (χ3n) is 2.16. The summed E-state index contributed by atoms with van der Waals surface area (Å²) in [5.41, 5.74) is 1.82. The Balaban J connectivity index is 3.13. The van der Waals surface area contributed by atoms with Crippen LogP contribution < -0.4 is 0 Å². The number of allylic oxidation sites excluding steroid dienone is 1. The van der Waals surface area contributed by atoms with E-state index in [-0.39, 0.29) is 16.5 Å². The highest BCUT2D eigenvalue weighted by Gasteiger charge is 2.16. The van der Waals surface area contributed by atoms with Gasteiger partial charge in [0, 0.05) is 30.8 Å². The van der Waals surface area contributed by atoms with Gasteiger partial charge in [-0.25, -0.2) is 0 Å². The molecule has 0 saturated heterocycles. The molecule has 82 valence electrons. The van der Waals surface area contributed by atoms with Crippen molar-refractivity contribution >= 4 is 6.08 Å². The Morgan fingerprint density at radius 1 is 1.67 bits per heavy atom. The molecule has 0 saturated carbocycles.